The third kappa shape index (κ3) is 4.82. The zero-order valence-electron chi connectivity index (χ0n) is 12.0. The highest BCUT2D eigenvalue weighted by atomic mass is 19.4. The molecule has 0 unspecified atom stereocenters. The first-order valence-electron chi connectivity index (χ1n) is 6.89. The Morgan fingerprint density at radius 1 is 1.22 bits per heavy atom. The van der Waals surface area contributed by atoms with Gasteiger partial charge in [-0.1, -0.05) is 18.2 Å². The number of fused-ring (bicyclic) bond motifs is 1. The number of nitrogens with one attached hydrogen (secondary N) is 2. The number of aryl methyl sites for hydroxylation is 1. The SMILES string of the molecule is O=C(O)C(F)(F)F.O=C1CCc2ccc(C=C3CNC3)cc2N1. The van der Waals surface area contributed by atoms with Crippen LogP contribution in [0.1, 0.15) is 17.5 Å². The van der Waals surface area contributed by atoms with Gasteiger partial charge >= 0.3 is 12.1 Å². The largest absolute Gasteiger partial charge is 0.490 e. The number of hydrogen-bond acceptors (Lipinski definition) is 3. The minimum Gasteiger partial charge on any atom is -0.475 e. The number of halogens is 3. The van der Waals surface area contributed by atoms with Crippen molar-refractivity contribution >= 4 is 23.6 Å². The van der Waals surface area contributed by atoms with Crippen molar-refractivity contribution in [2.24, 2.45) is 0 Å². The Bertz CT molecular complexity index is 648. The fourth-order valence-corrected chi connectivity index (χ4v) is 2.09. The second-order valence-corrected chi connectivity index (χ2v) is 5.17. The molecule has 1 amide bonds. The summed E-state index contributed by atoms with van der Waals surface area (Å²) in [5.74, 6) is -2.63. The molecule has 3 N–H and O–H groups in total. The van der Waals surface area contributed by atoms with E-state index in [0.717, 1.165) is 25.2 Å². The molecule has 124 valence electrons. The lowest BCUT2D eigenvalue weighted by atomic mass is 9.99. The van der Waals surface area contributed by atoms with Crippen molar-refractivity contribution in [3.63, 3.8) is 0 Å². The molecule has 3 rings (SSSR count). The number of anilines is 1. The van der Waals surface area contributed by atoms with Crippen LogP contribution in [0.25, 0.3) is 6.08 Å². The molecule has 0 saturated carbocycles. The van der Waals surface area contributed by atoms with Gasteiger partial charge in [0, 0.05) is 25.2 Å². The lowest BCUT2D eigenvalue weighted by molar-refractivity contribution is -0.192. The summed E-state index contributed by atoms with van der Waals surface area (Å²) in [6.07, 6.45) is -1.42. The Kier molecular flexibility index (Phi) is 5.05. The Morgan fingerprint density at radius 3 is 2.39 bits per heavy atom. The first-order valence-corrected chi connectivity index (χ1v) is 6.89. The molecule has 0 atom stereocenters. The van der Waals surface area contributed by atoms with Crippen molar-refractivity contribution in [3.8, 4) is 0 Å². The molecule has 2 heterocycles. The molecule has 1 fully saturated rings. The summed E-state index contributed by atoms with van der Waals surface area (Å²) >= 11 is 0. The van der Waals surface area contributed by atoms with Crippen LogP contribution in [0.2, 0.25) is 0 Å². The van der Waals surface area contributed by atoms with Gasteiger partial charge in [-0.2, -0.15) is 13.2 Å². The van der Waals surface area contributed by atoms with Crippen molar-refractivity contribution in [2.75, 3.05) is 18.4 Å². The Balaban J connectivity index is 0.000000236. The van der Waals surface area contributed by atoms with Crippen LogP contribution in [0.15, 0.2) is 23.8 Å². The molecule has 0 bridgehead atoms. The summed E-state index contributed by atoms with van der Waals surface area (Å²) in [6.45, 7) is 1.98. The maximum absolute atomic E-state index is 11.3. The lowest BCUT2D eigenvalue weighted by Crippen LogP contribution is -2.33. The van der Waals surface area contributed by atoms with E-state index in [1.54, 1.807) is 0 Å². The fraction of sp³-hybridized carbons (Fsp3) is 0.333. The summed E-state index contributed by atoms with van der Waals surface area (Å²) in [7, 11) is 0. The van der Waals surface area contributed by atoms with Crippen molar-refractivity contribution < 1.29 is 27.9 Å². The van der Waals surface area contributed by atoms with Crippen molar-refractivity contribution in [1.29, 1.82) is 0 Å². The molecule has 0 radical (unpaired) electrons. The molecule has 2 aliphatic rings. The van der Waals surface area contributed by atoms with E-state index in [1.165, 1.54) is 16.7 Å². The molecule has 5 nitrogen and oxygen atoms in total. The van der Waals surface area contributed by atoms with Gasteiger partial charge < -0.3 is 15.7 Å². The van der Waals surface area contributed by atoms with Crippen molar-refractivity contribution in [3.05, 3.63) is 34.9 Å². The van der Waals surface area contributed by atoms with Crippen LogP contribution in [0, 0.1) is 0 Å². The number of amides is 1. The van der Waals surface area contributed by atoms with Crippen LogP contribution in [0.3, 0.4) is 0 Å². The van der Waals surface area contributed by atoms with Crippen LogP contribution in [0.5, 0.6) is 0 Å². The van der Waals surface area contributed by atoms with Gasteiger partial charge in [0.25, 0.3) is 0 Å². The van der Waals surface area contributed by atoms with E-state index >= 15 is 0 Å². The molecule has 1 aromatic carbocycles. The summed E-state index contributed by atoms with van der Waals surface area (Å²) in [5, 5.41) is 13.3. The topological polar surface area (TPSA) is 78.4 Å². The third-order valence-electron chi connectivity index (χ3n) is 3.35. The summed E-state index contributed by atoms with van der Waals surface area (Å²) in [4.78, 5) is 20.2. The van der Waals surface area contributed by atoms with E-state index in [4.69, 9.17) is 9.90 Å². The number of benzene rings is 1. The highest BCUT2D eigenvalue weighted by molar-refractivity contribution is 5.94. The molecule has 1 aromatic rings. The van der Waals surface area contributed by atoms with E-state index < -0.39 is 12.1 Å². The fourth-order valence-electron chi connectivity index (χ4n) is 2.09. The normalized spacial score (nSPS) is 16.3. The molecule has 2 aliphatic heterocycles. The van der Waals surface area contributed by atoms with E-state index in [2.05, 4.69) is 34.9 Å². The first kappa shape index (κ1) is 17.0. The number of alkyl halides is 3. The smallest absolute Gasteiger partial charge is 0.475 e. The molecular formula is C15H15F3N2O3. The average Bonchev–Trinajstić information content (AvgIpc) is 2.42. The monoisotopic (exact) mass is 328 g/mol. The summed E-state index contributed by atoms with van der Waals surface area (Å²) < 4.78 is 31.7. The maximum Gasteiger partial charge on any atom is 0.490 e. The van der Waals surface area contributed by atoms with Gasteiger partial charge in [-0.25, -0.2) is 4.79 Å². The summed E-state index contributed by atoms with van der Waals surface area (Å²) in [5.41, 5.74) is 4.82. The molecule has 8 heteroatoms. The molecule has 0 aromatic heterocycles. The van der Waals surface area contributed by atoms with Crippen molar-refractivity contribution in [2.45, 2.75) is 19.0 Å². The number of carbonyl (C=O) groups is 2. The molecule has 1 saturated heterocycles. The molecule has 0 aliphatic carbocycles. The quantitative estimate of drug-likeness (QED) is 0.738. The van der Waals surface area contributed by atoms with Crippen LogP contribution in [-0.4, -0.2) is 36.2 Å². The second kappa shape index (κ2) is 6.82. The van der Waals surface area contributed by atoms with Crippen LogP contribution in [-0.2, 0) is 16.0 Å². The van der Waals surface area contributed by atoms with E-state index in [0.29, 0.717) is 6.42 Å². The molecular weight excluding hydrogens is 313 g/mol. The van der Waals surface area contributed by atoms with Gasteiger partial charge in [0.1, 0.15) is 0 Å². The third-order valence-corrected chi connectivity index (χ3v) is 3.35. The number of aliphatic carboxylic acids is 1. The number of hydrogen-bond donors (Lipinski definition) is 3. The number of carbonyl (C=O) groups excluding carboxylic acids is 1. The van der Waals surface area contributed by atoms with Gasteiger partial charge in [0.2, 0.25) is 5.91 Å². The minimum absolute atomic E-state index is 0.127. The first-order chi connectivity index (χ1) is 10.8. The van der Waals surface area contributed by atoms with E-state index in [-0.39, 0.29) is 5.91 Å². The van der Waals surface area contributed by atoms with Gasteiger partial charge in [-0.05, 0) is 29.2 Å². The highest BCUT2D eigenvalue weighted by Crippen LogP contribution is 2.25. The van der Waals surface area contributed by atoms with Gasteiger partial charge in [-0.15, -0.1) is 0 Å². The average molecular weight is 328 g/mol. The molecule has 0 spiro atoms. The number of rotatable bonds is 1. The van der Waals surface area contributed by atoms with Gasteiger partial charge in [0.15, 0.2) is 0 Å². The Morgan fingerprint density at radius 2 is 1.87 bits per heavy atom. The number of carboxylic acid groups (broad SMARTS) is 1. The Hall–Kier alpha value is -2.35. The zero-order chi connectivity index (χ0) is 17.0. The molecule has 23 heavy (non-hydrogen) atoms. The van der Waals surface area contributed by atoms with Crippen molar-refractivity contribution in [1.82, 2.24) is 5.32 Å². The van der Waals surface area contributed by atoms with Gasteiger partial charge in [0.05, 0.1) is 0 Å². The predicted octanol–water partition coefficient (Wildman–Crippen LogP) is 2.19. The maximum atomic E-state index is 11.3. The zero-order valence-corrected chi connectivity index (χ0v) is 12.0. The van der Waals surface area contributed by atoms with Crippen LogP contribution < -0.4 is 10.6 Å². The number of carboxylic acids is 1. The van der Waals surface area contributed by atoms with E-state index in [9.17, 15) is 18.0 Å². The van der Waals surface area contributed by atoms with Crippen LogP contribution >= 0.6 is 0 Å². The highest BCUT2D eigenvalue weighted by Gasteiger charge is 2.38. The van der Waals surface area contributed by atoms with Gasteiger partial charge in [-0.3, -0.25) is 4.79 Å². The standard InChI is InChI=1S/C13H14N2O.C2HF3O2/c16-13-4-3-11-2-1-9(6-12(11)15-13)5-10-7-14-8-10;3-2(4,5)1(6)7/h1-2,5-6,14H,3-4,7-8H2,(H,15,16);(H,6,7). The van der Waals surface area contributed by atoms with E-state index in [1.807, 2.05) is 0 Å². The Labute approximate surface area is 130 Å². The predicted molar refractivity (Wildman–Crippen MR) is 77.9 cm³/mol. The second-order valence-electron chi connectivity index (χ2n) is 5.17. The van der Waals surface area contributed by atoms with Crippen LogP contribution in [0.4, 0.5) is 18.9 Å². The summed E-state index contributed by atoms with van der Waals surface area (Å²) in [6, 6.07) is 6.31. The minimum atomic E-state index is -5.08. The lowest BCUT2D eigenvalue weighted by Gasteiger charge is -2.20.